The number of nitrogens with one attached hydrogen (secondary N) is 2. The van der Waals surface area contributed by atoms with Gasteiger partial charge in [0.25, 0.3) is 5.91 Å². The van der Waals surface area contributed by atoms with Crippen LogP contribution in [0.3, 0.4) is 0 Å². The largest absolute Gasteiger partial charge is 0.573 e. The van der Waals surface area contributed by atoms with Crippen LogP contribution in [0.1, 0.15) is 23.2 Å². The van der Waals surface area contributed by atoms with E-state index in [0.717, 1.165) is 38.1 Å². The van der Waals surface area contributed by atoms with Gasteiger partial charge in [-0.1, -0.05) is 6.07 Å². The van der Waals surface area contributed by atoms with E-state index in [4.69, 9.17) is 0 Å². The third-order valence-corrected chi connectivity index (χ3v) is 3.33. The third-order valence-electron chi connectivity index (χ3n) is 3.33. The Labute approximate surface area is 120 Å². The van der Waals surface area contributed by atoms with Crippen LogP contribution in [0.15, 0.2) is 24.3 Å². The molecule has 1 amide bonds. The minimum atomic E-state index is -4.76. The Morgan fingerprint density at radius 2 is 2.24 bits per heavy atom. The first kappa shape index (κ1) is 15.6. The van der Waals surface area contributed by atoms with Crippen molar-refractivity contribution in [1.29, 1.82) is 0 Å². The van der Waals surface area contributed by atoms with Gasteiger partial charge in [0, 0.05) is 12.1 Å². The second kappa shape index (κ2) is 6.80. The van der Waals surface area contributed by atoms with Crippen molar-refractivity contribution < 1.29 is 22.7 Å². The number of ether oxygens (including phenoxy) is 1. The van der Waals surface area contributed by atoms with E-state index in [1.165, 1.54) is 12.1 Å². The van der Waals surface area contributed by atoms with Gasteiger partial charge in [-0.2, -0.15) is 0 Å². The minimum absolute atomic E-state index is 0.154. The van der Waals surface area contributed by atoms with Gasteiger partial charge in [0.1, 0.15) is 5.75 Å². The lowest BCUT2D eigenvalue weighted by atomic mass is 10.1. The summed E-state index contributed by atoms with van der Waals surface area (Å²) in [5.41, 5.74) is 0.154. The van der Waals surface area contributed by atoms with Gasteiger partial charge in [0.05, 0.1) is 0 Å². The van der Waals surface area contributed by atoms with Crippen molar-refractivity contribution in [3.63, 3.8) is 0 Å². The molecule has 1 aliphatic heterocycles. The van der Waals surface area contributed by atoms with E-state index in [2.05, 4.69) is 15.4 Å². The van der Waals surface area contributed by atoms with E-state index in [0.29, 0.717) is 12.5 Å². The number of hydrogen-bond donors (Lipinski definition) is 2. The predicted molar refractivity (Wildman–Crippen MR) is 71.1 cm³/mol. The van der Waals surface area contributed by atoms with E-state index >= 15 is 0 Å². The molecule has 0 radical (unpaired) electrons. The molecule has 0 spiro atoms. The second-order valence-corrected chi connectivity index (χ2v) is 4.98. The molecule has 21 heavy (non-hydrogen) atoms. The number of hydrogen-bond acceptors (Lipinski definition) is 3. The number of halogens is 3. The molecule has 2 rings (SSSR count). The van der Waals surface area contributed by atoms with Crippen molar-refractivity contribution in [3.8, 4) is 5.75 Å². The molecule has 0 aliphatic carbocycles. The molecular formula is C14H17F3N2O2. The summed E-state index contributed by atoms with van der Waals surface area (Å²) in [6.45, 7) is 2.45. The van der Waals surface area contributed by atoms with Crippen LogP contribution >= 0.6 is 0 Å². The van der Waals surface area contributed by atoms with Crippen LogP contribution in [-0.4, -0.2) is 31.9 Å². The molecule has 1 saturated heterocycles. The number of carbonyl (C=O) groups excluding carboxylic acids is 1. The maximum atomic E-state index is 12.1. The first-order valence-corrected chi connectivity index (χ1v) is 6.79. The van der Waals surface area contributed by atoms with Gasteiger partial charge in [0.2, 0.25) is 0 Å². The number of alkyl halides is 3. The van der Waals surface area contributed by atoms with Gasteiger partial charge < -0.3 is 15.4 Å². The highest BCUT2D eigenvalue weighted by Gasteiger charge is 2.31. The molecule has 0 saturated carbocycles. The molecule has 0 aromatic heterocycles. The highest BCUT2D eigenvalue weighted by atomic mass is 19.4. The standard InChI is InChI=1S/C14H17F3N2O2/c15-14(16,17)21-12-3-1-2-11(8-12)13(20)19-7-5-10-4-6-18-9-10/h1-3,8,10,18H,4-7,9H2,(H,19,20). The van der Waals surface area contributed by atoms with E-state index in [1.807, 2.05) is 0 Å². The molecule has 2 N–H and O–H groups in total. The second-order valence-electron chi connectivity index (χ2n) is 4.98. The quantitative estimate of drug-likeness (QED) is 0.877. The molecule has 7 heteroatoms. The molecule has 1 fully saturated rings. The lowest BCUT2D eigenvalue weighted by molar-refractivity contribution is -0.274. The van der Waals surface area contributed by atoms with Crippen molar-refractivity contribution in [2.24, 2.45) is 5.92 Å². The van der Waals surface area contributed by atoms with Crippen LogP contribution in [0.4, 0.5) is 13.2 Å². The van der Waals surface area contributed by atoms with E-state index in [-0.39, 0.29) is 5.56 Å². The zero-order valence-electron chi connectivity index (χ0n) is 11.4. The number of rotatable bonds is 5. The fraction of sp³-hybridized carbons (Fsp3) is 0.500. The van der Waals surface area contributed by atoms with Gasteiger partial charge in [-0.05, 0) is 50.0 Å². The first-order valence-electron chi connectivity index (χ1n) is 6.79. The van der Waals surface area contributed by atoms with E-state index in [9.17, 15) is 18.0 Å². The summed E-state index contributed by atoms with van der Waals surface area (Å²) < 4.78 is 40.2. The maximum Gasteiger partial charge on any atom is 0.573 e. The fourth-order valence-electron chi connectivity index (χ4n) is 2.29. The Bertz CT molecular complexity index is 485. The lowest BCUT2D eigenvalue weighted by Crippen LogP contribution is -2.26. The molecule has 0 bridgehead atoms. The van der Waals surface area contributed by atoms with Gasteiger partial charge in [0.15, 0.2) is 0 Å². The normalized spacial score (nSPS) is 18.5. The molecule has 116 valence electrons. The summed E-state index contributed by atoms with van der Waals surface area (Å²) in [4.78, 5) is 11.9. The Hall–Kier alpha value is -1.76. The minimum Gasteiger partial charge on any atom is -0.406 e. The number of amides is 1. The molecule has 1 unspecified atom stereocenters. The summed E-state index contributed by atoms with van der Waals surface area (Å²) in [7, 11) is 0. The molecule has 1 heterocycles. The van der Waals surface area contributed by atoms with Gasteiger partial charge in [-0.25, -0.2) is 0 Å². The van der Waals surface area contributed by atoms with Crippen LogP contribution in [0.2, 0.25) is 0 Å². The Morgan fingerprint density at radius 1 is 1.43 bits per heavy atom. The van der Waals surface area contributed by atoms with Crippen LogP contribution in [0.5, 0.6) is 5.75 Å². The third kappa shape index (κ3) is 5.26. The van der Waals surface area contributed by atoms with E-state index in [1.54, 1.807) is 0 Å². The van der Waals surface area contributed by atoms with Crippen molar-refractivity contribution in [2.75, 3.05) is 19.6 Å². The Morgan fingerprint density at radius 3 is 2.90 bits per heavy atom. The Balaban J connectivity index is 1.85. The van der Waals surface area contributed by atoms with Crippen molar-refractivity contribution in [2.45, 2.75) is 19.2 Å². The van der Waals surface area contributed by atoms with Gasteiger partial charge >= 0.3 is 6.36 Å². The molecular weight excluding hydrogens is 285 g/mol. The lowest BCUT2D eigenvalue weighted by Gasteiger charge is -2.11. The Kier molecular flexibility index (Phi) is 5.06. The number of benzene rings is 1. The summed E-state index contributed by atoms with van der Waals surface area (Å²) in [5.74, 6) is -0.242. The average Bonchev–Trinajstić information content (AvgIpc) is 2.90. The topological polar surface area (TPSA) is 50.4 Å². The smallest absolute Gasteiger partial charge is 0.406 e. The SMILES string of the molecule is O=C(NCCC1CCNC1)c1cccc(OC(F)(F)F)c1. The molecule has 1 aromatic carbocycles. The highest BCUT2D eigenvalue weighted by Crippen LogP contribution is 2.23. The predicted octanol–water partition coefficient (Wildman–Crippen LogP) is 2.31. The number of carbonyl (C=O) groups is 1. The maximum absolute atomic E-state index is 12.1. The molecule has 1 atom stereocenters. The summed E-state index contributed by atoms with van der Waals surface area (Å²) in [5, 5.41) is 5.95. The van der Waals surface area contributed by atoms with Crippen LogP contribution in [0, 0.1) is 5.92 Å². The molecule has 1 aliphatic rings. The molecule has 4 nitrogen and oxygen atoms in total. The molecule has 1 aromatic rings. The average molecular weight is 302 g/mol. The van der Waals surface area contributed by atoms with Gasteiger partial charge in [-0.15, -0.1) is 13.2 Å². The zero-order chi connectivity index (χ0) is 15.3. The van der Waals surface area contributed by atoms with Crippen LogP contribution in [-0.2, 0) is 0 Å². The van der Waals surface area contributed by atoms with Crippen molar-refractivity contribution in [1.82, 2.24) is 10.6 Å². The van der Waals surface area contributed by atoms with Crippen molar-refractivity contribution >= 4 is 5.91 Å². The fourth-order valence-corrected chi connectivity index (χ4v) is 2.29. The highest BCUT2D eigenvalue weighted by molar-refractivity contribution is 5.94. The first-order chi connectivity index (χ1) is 9.94. The van der Waals surface area contributed by atoms with E-state index < -0.39 is 18.0 Å². The monoisotopic (exact) mass is 302 g/mol. The summed E-state index contributed by atoms with van der Waals surface area (Å²) in [6, 6.07) is 5.06. The van der Waals surface area contributed by atoms with Crippen LogP contribution < -0.4 is 15.4 Å². The zero-order valence-corrected chi connectivity index (χ0v) is 11.4. The van der Waals surface area contributed by atoms with Gasteiger partial charge in [-0.3, -0.25) is 4.79 Å². The van der Waals surface area contributed by atoms with Crippen LogP contribution in [0.25, 0.3) is 0 Å². The van der Waals surface area contributed by atoms with Crippen molar-refractivity contribution in [3.05, 3.63) is 29.8 Å². The summed E-state index contributed by atoms with van der Waals surface area (Å²) in [6.07, 6.45) is -2.81. The summed E-state index contributed by atoms with van der Waals surface area (Å²) >= 11 is 0.